The third-order valence-electron chi connectivity index (χ3n) is 3.19. The van der Waals surface area contributed by atoms with Crippen molar-refractivity contribution in [1.82, 2.24) is 5.32 Å². The Bertz CT molecular complexity index is 322. The third kappa shape index (κ3) is 5.17. The van der Waals surface area contributed by atoms with Crippen LogP contribution in [0.15, 0.2) is 24.3 Å². The zero-order valence-electron chi connectivity index (χ0n) is 11.4. The molecule has 0 aliphatic carbocycles. The first-order chi connectivity index (χ1) is 8.67. The molecule has 1 aromatic rings. The second-order valence-corrected chi connectivity index (χ2v) is 4.99. The Kier molecular flexibility index (Phi) is 6.94. The molecule has 0 fully saturated rings. The lowest BCUT2D eigenvalue weighted by Gasteiger charge is -2.15. The Morgan fingerprint density at radius 1 is 1.11 bits per heavy atom. The van der Waals surface area contributed by atoms with Gasteiger partial charge in [-0.05, 0) is 36.4 Å². The van der Waals surface area contributed by atoms with Gasteiger partial charge in [0.15, 0.2) is 0 Å². The van der Waals surface area contributed by atoms with Gasteiger partial charge in [0, 0.05) is 12.6 Å². The van der Waals surface area contributed by atoms with Gasteiger partial charge in [-0.2, -0.15) is 0 Å². The van der Waals surface area contributed by atoms with Gasteiger partial charge in [-0.15, -0.1) is 0 Å². The van der Waals surface area contributed by atoms with Crippen molar-refractivity contribution in [2.75, 3.05) is 19.8 Å². The van der Waals surface area contributed by atoms with Crippen molar-refractivity contribution < 1.29 is 10.2 Å². The maximum atomic E-state index is 9.08. The molecule has 1 atom stereocenters. The summed E-state index contributed by atoms with van der Waals surface area (Å²) in [5.74, 6) is 0.570. The summed E-state index contributed by atoms with van der Waals surface area (Å²) in [7, 11) is 0. The van der Waals surface area contributed by atoms with E-state index in [0.717, 1.165) is 13.0 Å². The lowest BCUT2D eigenvalue weighted by molar-refractivity contribution is 0.201. The number of aliphatic hydroxyl groups excluding tert-OH is 2. The van der Waals surface area contributed by atoms with E-state index in [1.54, 1.807) is 0 Å². The summed E-state index contributed by atoms with van der Waals surface area (Å²) in [6.45, 7) is 5.40. The van der Waals surface area contributed by atoms with Gasteiger partial charge < -0.3 is 15.5 Å². The molecule has 0 bridgehead atoms. The first kappa shape index (κ1) is 15.2. The van der Waals surface area contributed by atoms with Crippen LogP contribution in [0.4, 0.5) is 0 Å². The fourth-order valence-corrected chi connectivity index (χ4v) is 1.90. The van der Waals surface area contributed by atoms with Gasteiger partial charge in [0.2, 0.25) is 0 Å². The van der Waals surface area contributed by atoms with E-state index in [2.05, 4.69) is 43.4 Å². The van der Waals surface area contributed by atoms with Gasteiger partial charge in [-0.25, -0.2) is 0 Å². The molecule has 102 valence electrons. The van der Waals surface area contributed by atoms with Gasteiger partial charge in [0.25, 0.3) is 0 Å². The minimum atomic E-state index is 0.00457. The number of rotatable bonds is 8. The van der Waals surface area contributed by atoms with Crippen LogP contribution in [0, 0.1) is 0 Å². The van der Waals surface area contributed by atoms with Crippen LogP contribution < -0.4 is 5.32 Å². The first-order valence-electron chi connectivity index (χ1n) is 6.71. The van der Waals surface area contributed by atoms with E-state index in [9.17, 15) is 0 Å². The zero-order valence-corrected chi connectivity index (χ0v) is 11.4. The number of hydrogen-bond donors (Lipinski definition) is 3. The largest absolute Gasteiger partial charge is 0.396 e. The monoisotopic (exact) mass is 251 g/mol. The summed E-state index contributed by atoms with van der Waals surface area (Å²) in [4.78, 5) is 0. The molecule has 0 aliphatic rings. The summed E-state index contributed by atoms with van der Waals surface area (Å²) in [5.41, 5.74) is 2.66. The van der Waals surface area contributed by atoms with Crippen molar-refractivity contribution in [3.05, 3.63) is 35.4 Å². The van der Waals surface area contributed by atoms with Gasteiger partial charge >= 0.3 is 0 Å². The smallest absolute Gasteiger partial charge is 0.0585 e. The lowest BCUT2D eigenvalue weighted by atomic mass is 10.0. The second-order valence-electron chi connectivity index (χ2n) is 4.99. The Labute approximate surface area is 110 Å². The average Bonchev–Trinajstić information content (AvgIpc) is 2.38. The summed E-state index contributed by atoms with van der Waals surface area (Å²) >= 11 is 0. The molecule has 3 N–H and O–H groups in total. The van der Waals surface area contributed by atoms with Crippen molar-refractivity contribution >= 4 is 0 Å². The molecule has 0 aliphatic heterocycles. The molecular formula is C15H25NO2. The molecule has 1 rings (SSSR count). The molecule has 1 aromatic carbocycles. The van der Waals surface area contributed by atoms with E-state index in [4.69, 9.17) is 10.2 Å². The normalized spacial score (nSPS) is 12.9. The van der Waals surface area contributed by atoms with Crippen molar-refractivity contribution in [3.8, 4) is 0 Å². The SMILES string of the molecule is CC(C)c1ccc(CCNC(CO)CCO)cc1. The fourth-order valence-electron chi connectivity index (χ4n) is 1.90. The highest BCUT2D eigenvalue weighted by molar-refractivity contribution is 5.24. The van der Waals surface area contributed by atoms with Gasteiger partial charge in [0.1, 0.15) is 0 Å². The van der Waals surface area contributed by atoms with Crippen LogP contribution in [-0.4, -0.2) is 36.0 Å². The summed E-state index contributed by atoms with van der Waals surface area (Å²) < 4.78 is 0. The minimum Gasteiger partial charge on any atom is -0.396 e. The predicted octanol–water partition coefficient (Wildman–Crippen LogP) is 1.69. The Balaban J connectivity index is 2.34. The Hall–Kier alpha value is -0.900. The summed E-state index contributed by atoms with van der Waals surface area (Å²) in [5, 5.41) is 21.1. The maximum absolute atomic E-state index is 9.08. The van der Waals surface area contributed by atoms with Crippen molar-refractivity contribution in [3.63, 3.8) is 0 Å². The molecule has 0 radical (unpaired) electrons. The molecule has 1 unspecified atom stereocenters. The number of nitrogens with one attached hydrogen (secondary N) is 1. The van der Waals surface area contributed by atoms with Gasteiger partial charge in [-0.1, -0.05) is 38.1 Å². The van der Waals surface area contributed by atoms with E-state index in [0.29, 0.717) is 12.3 Å². The molecule has 0 heterocycles. The topological polar surface area (TPSA) is 52.5 Å². The number of benzene rings is 1. The molecule has 0 saturated heterocycles. The molecule has 3 heteroatoms. The van der Waals surface area contributed by atoms with Crippen LogP contribution in [0.1, 0.15) is 37.3 Å². The molecule has 18 heavy (non-hydrogen) atoms. The highest BCUT2D eigenvalue weighted by Gasteiger charge is 2.05. The van der Waals surface area contributed by atoms with Crippen LogP contribution in [0.3, 0.4) is 0 Å². The zero-order chi connectivity index (χ0) is 13.4. The molecule has 0 spiro atoms. The van der Waals surface area contributed by atoms with Crippen molar-refractivity contribution in [1.29, 1.82) is 0 Å². The molecule has 0 saturated carbocycles. The van der Waals surface area contributed by atoms with E-state index < -0.39 is 0 Å². The van der Waals surface area contributed by atoms with Crippen molar-refractivity contribution in [2.45, 2.75) is 38.6 Å². The molecule has 0 amide bonds. The Morgan fingerprint density at radius 3 is 2.28 bits per heavy atom. The minimum absolute atomic E-state index is 0.00457. The highest BCUT2D eigenvalue weighted by atomic mass is 16.3. The number of aliphatic hydroxyl groups is 2. The van der Waals surface area contributed by atoms with Crippen LogP contribution in [-0.2, 0) is 6.42 Å². The van der Waals surface area contributed by atoms with Crippen LogP contribution in [0.2, 0.25) is 0 Å². The van der Waals surface area contributed by atoms with Gasteiger partial charge in [-0.3, -0.25) is 0 Å². The van der Waals surface area contributed by atoms with Crippen molar-refractivity contribution in [2.24, 2.45) is 0 Å². The standard InChI is InChI=1S/C15H25NO2/c1-12(2)14-5-3-13(4-6-14)7-9-16-15(11-18)8-10-17/h3-6,12,15-18H,7-11H2,1-2H3. The summed E-state index contributed by atoms with van der Waals surface area (Å²) in [6, 6.07) is 8.69. The average molecular weight is 251 g/mol. The van der Waals surface area contributed by atoms with E-state index >= 15 is 0 Å². The third-order valence-corrected chi connectivity index (χ3v) is 3.19. The first-order valence-corrected chi connectivity index (χ1v) is 6.71. The molecule has 3 nitrogen and oxygen atoms in total. The van der Waals surface area contributed by atoms with Crippen LogP contribution in [0.5, 0.6) is 0 Å². The van der Waals surface area contributed by atoms with Crippen LogP contribution in [0.25, 0.3) is 0 Å². The molecular weight excluding hydrogens is 226 g/mol. The second kappa shape index (κ2) is 8.25. The summed E-state index contributed by atoms with van der Waals surface area (Å²) in [6.07, 6.45) is 1.54. The number of hydrogen-bond acceptors (Lipinski definition) is 3. The lowest BCUT2D eigenvalue weighted by Crippen LogP contribution is -2.34. The maximum Gasteiger partial charge on any atom is 0.0585 e. The molecule has 0 aromatic heterocycles. The quantitative estimate of drug-likeness (QED) is 0.659. The van der Waals surface area contributed by atoms with E-state index in [1.165, 1.54) is 11.1 Å². The highest BCUT2D eigenvalue weighted by Crippen LogP contribution is 2.14. The Morgan fingerprint density at radius 2 is 1.78 bits per heavy atom. The van der Waals surface area contributed by atoms with Crippen LogP contribution >= 0.6 is 0 Å². The fraction of sp³-hybridized carbons (Fsp3) is 0.600. The van der Waals surface area contributed by atoms with Gasteiger partial charge in [0.05, 0.1) is 6.61 Å². The van der Waals surface area contributed by atoms with E-state index in [1.807, 2.05) is 0 Å². The predicted molar refractivity (Wildman–Crippen MR) is 74.8 cm³/mol. The van der Waals surface area contributed by atoms with E-state index in [-0.39, 0.29) is 19.3 Å².